The van der Waals surface area contributed by atoms with Crippen LogP contribution in [0, 0.1) is 0 Å². The van der Waals surface area contributed by atoms with Crippen molar-refractivity contribution in [2.24, 2.45) is 0 Å². The quantitative estimate of drug-likeness (QED) is 0.559. The number of unbranched alkanes of at least 4 members (excludes halogenated alkanes) is 3. The molecule has 0 bridgehead atoms. The summed E-state index contributed by atoms with van der Waals surface area (Å²) in [5.74, 6) is -0.420. The molecule has 23 heavy (non-hydrogen) atoms. The van der Waals surface area contributed by atoms with Gasteiger partial charge in [0.15, 0.2) is 0 Å². The molecule has 5 nitrogen and oxygen atoms in total. The number of ether oxygens (including phenoxy) is 1. The van der Waals surface area contributed by atoms with Crippen molar-refractivity contribution in [3.05, 3.63) is 29.3 Å². The van der Waals surface area contributed by atoms with E-state index in [0.29, 0.717) is 11.3 Å². The maximum absolute atomic E-state index is 12.2. The predicted octanol–water partition coefficient (Wildman–Crippen LogP) is 4.13. The van der Waals surface area contributed by atoms with Crippen LogP contribution in [0.15, 0.2) is 18.2 Å². The van der Waals surface area contributed by atoms with Gasteiger partial charge in [0.2, 0.25) is 0 Å². The van der Waals surface area contributed by atoms with Gasteiger partial charge in [-0.25, -0.2) is 9.59 Å². The van der Waals surface area contributed by atoms with E-state index in [4.69, 9.17) is 4.74 Å². The molecule has 0 saturated carbocycles. The molecule has 0 atom stereocenters. The highest BCUT2D eigenvalue weighted by atomic mass is 16.5. The fraction of sp³-hybridized carbons (Fsp3) is 0.556. The zero-order valence-electron chi connectivity index (χ0n) is 14.6. The Kier molecular flexibility index (Phi) is 8.16. The topological polar surface area (TPSA) is 67.4 Å². The highest BCUT2D eigenvalue weighted by Gasteiger charge is 2.18. The number of hydrogen-bond donors (Lipinski definition) is 2. The van der Waals surface area contributed by atoms with E-state index in [1.165, 1.54) is 20.0 Å². The third kappa shape index (κ3) is 6.30. The van der Waals surface area contributed by atoms with Crippen LogP contribution in [0.25, 0.3) is 0 Å². The van der Waals surface area contributed by atoms with E-state index in [2.05, 4.69) is 17.6 Å². The number of anilines is 1. The summed E-state index contributed by atoms with van der Waals surface area (Å²) in [6, 6.07) is 5.19. The van der Waals surface area contributed by atoms with Crippen molar-refractivity contribution in [3.8, 4) is 0 Å². The predicted molar refractivity (Wildman–Crippen MR) is 92.9 cm³/mol. The molecule has 0 spiro atoms. The van der Waals surface area contributed by atoms with Gasteiger partial charge < -0.3 is 15.4 Å². The van der Waals surface area contributed by atoms with Crippen molar-refractivity contribution in [1.82, 2.24) is 5.32 Å². The number of benzene rings is 1. The average Bonchev–Trinajstić information content (AvgIpc) is 2.50. The van der Waals surface area contributed by atoms with Crippen molar-refractivity contribution >= 4 is 17.7 Å². The van der Waals surface area contributed by atoms with E-state index < -0.39 is 5.97 Å². The molecule has 1 aromatic rings. The van der Waals surface area contributed by atoms with E-state index in [1.807, 2.05) is 26.0 Å². The van der Waals surface area contributed by atoms with Crippen LogP contribution in [0.4, 0.5) is 10.5 Å². The van der Waals surface area contributed by atoms with Crippen LogP contribution < -0.4 is 10.6 Å². The molecule has 2 amide bonds. The molecule has 0 aromatic heterocycles. The SMILES string of the molecule is CCCCCCc1cccc(NC(=O)NC(C)C)c1C(=O)OC. The third-order valence-electron chi connectivity index (χ3n) is 3.51. The summed E-state index contributed by atoms with van der Waals surface area (Å²) in [6.45, 7) is 5.92. The summed E-state index contributed by atoms with van der Waals surface area (Å²) in [5, 5.41) is 5.50. The number of aryl methyl sites for hydroxylation is 1. The van der Waals surface area contributed by atoms with Gasteiger partial charge in [0, 0.05) is 6.04 Å². The van der Waals surface area contributed by atoms with E-state index in [0.717, 1.165) is 24.8 Å². The van der Waals surface area contributed by atoms with E-state index in [-0.39, 0.29) is 12.1 Å². The van der Waals surface area contributed by atoms with Gasteiger partial charge in [0.05, 0.1) is 18.4 Å². The Morgan fingerprint density at radius 2 is 1.91 bits per heavy atom. The molecule has 0 unspecified atom stereocenters. The molecule has 0 radical (unpaired) electrons. The summed E-state index contributed by atoms with van der Waals surface area (Å²) >= 11 is 0. The number of amides is 2. The van der Waals surface area contributed by atoms with Crippen LogP contribution in [0.2, 0.25) is 0 Å². The molecule has 2 N–H and O–H groups in total. The highest BCUT2D eigenvalue weighted by Crippen LogP contribution is 2.23. The first-order valence-electron chi connectivity index (χ1n) is 8.27. The molecule has 1 aromatic carbocycles. The van der Waals surface area contributed by atoms with Crippen LogP contribution in [0.3, 0.4) is 0 Å². The Hall–Kier alpha value is -2.04. The van der Waals surface area contributed by atoms with E-state index >= 15 is 0 Å². The number of esters is 1. The van der Waals surface area contributed by atoms with Crippen molar-refractivity contribution in [2.45, 2.75) is 58.9 Å². The summed E-state index contributed by atoms with van der Waals surface area (Å²) in [4.78, 5) is 24.1. The summed E-state index contributed by atoms with van der Waals surface area (Å²) in [7, 11) is 1.36. The van der Waals surface area contributed by atoms with Gasteiger partial charge in [-0.15, -0.1) is 0 Å². The first-order valence-corrected chi connectivity index (χ1v) is 8.27. The van der Waals surface area contributed by atoms with Gasteiger partial charge in [-0.2, -0.15) is 0 Å². The Balaban J connectivity index is 2.95. The molecular weight excluding hydrogens is 292 g/mol. The normalized spacial score (nSPS) is 10.5. The maximum atomic E-state index is 12.2. The molecule has 128 valence electrons. The van der Waals surface area contributed by atoms with Crippen molar-refractivity contribution in [2.75, 3.05) is 12.4 Å². The van der Waals surface area contributed by atoms with Gasteiger partial charge in [-0.3, -0.25) is 0 Å². The van der Waals surface area contributed by atoms with Crippen LogP contribution in [0.5, 0.6) is 0 Å². The first kappa shape index (κ1) is 19.0. The molecule has 1 rings (SSSR count). The van der Waals surface area contributed by atoms with Gasteiger partial charge in [-0.05, 0) is 38.3 Å². The van der Waals surface area contributed by atoms with E-state index in [9.17, 15) is 9.59 Å². The minimum absolute atomic E-state index is 0.0220. The van der Waals surface area contributed by atoms with Crippen LogP contribution in [0.1, 0.15) is 62.4 Å². The smallest absolute Gasteiger partial charge is 0.340 e. The largest absolute Gasteiger partial charge is 0.465 e. The molecule has 0 fully saturated rings. The lowest BCUT2D eigenvalue weighted by Crippen LogP contribution is -2.34. The number of rotatable bonds is 8. The lowest BCUT2D eigenvalue weighted by Gasteiger charge is -2.15. The molecule has 5 heteroatoms. The maximum Gasteiger partial charge on any atom is 0.340 e. The molecule has 0 heterocycles. The number of carbonyl (C=O) groups excluding carboxylic acids is 2. The lowest BCUT2D eigenvalue weighted by atomic mass is 9.99. The fourth-order valence-electron chi connectivity index (χ4n) is 2.42. The Morgan fingerprint density at radius 3 is 2.52 bits per heavy atom. The molecular formula is C18H28N2O3. The average molecular weight is 320 g/mol. The van der Waals surface area contributed by atoms with Crippen molar-refractivity contribution in [1.29, 1.82) is 0 Å². The molecule has 0 aliphatic rings. The summed E-state index contributed by atoms with van der Waals surface area (Å²) in [5.41, 5.74) is 1.85. The summed E-state index contributed by atoms with van der Waals surface area (Å²) in [6.07, 6.45) is 5.29. The molecule has 0 saturated heterocycles. The number of urea groups is 1. The minimum Gasteiger partial charge on any atom is -0.465 e. The second-order valence-corrected chi connectivity index (χ2v) is 5.90. The Morgan fingerprint density at radius 1 is 1.17 bits per heavy atom. The van der Waals surface area contributed by atoms with Crippen LogP contribution in [-0.4, -0.2) is 25.2 Å². The van der Waals surface area contributed by atoms with Gasteiger partial charge in [0.25, 0.3) is 0 Å². The third-order valence-corrected chi connectivity index (χ3v) is 3.51. The zero-order valence-corrected chi connectivity index (χ0v) is 14.6. The van der Waals surface area contributed by atoms with Gasteiger partial charge in [0.1, 0.15) is 0 Å². The molecule has 0 aliphatic carbocycles. The second-order valence-electron chi connectivity index (χ2n) is 5.90. The monoisotopic (exact) mass is 320 g/mol. The van der Waals surface area contributed by atoms with E-state index in [1.54, 1.807) is 6.07 Å². The van der Waals surface area contributed by atoms with Crippen molar-refractivity contribution < 1.29 is 14.3 Å². The fourth-order valence-corrected chi connectivity index (χ4v) is 2.42. The number of methoxy groups -OCH3 is 1. The minimum atomic E-state index is -0.420. The number of carbonyl (C=O) groups is 2. The van der Waals surface area contributed by atoms with Gasteiger partial charge >= 0.3 is 12.0 Å². The Labute approximate surface area is 138 Å². The standard InChI is InChI=1S/C18H28N2O3/c1-5-6-7-8-10-14-11-9-12-15(16(14)17(21)23-4)20-18(22)19-13(2)3/h9,11-13H,5-8,10H2,1-4H3,(H2,19,20,22). The second kappa shape index (κ2) is 9.87. The summed E-state index contributed by atoms with van der Waals surface area (Å²) < 4.78 is 4.90. The van der Waals surface area contributed by atoms with Crippen molar-refractivity contribution in [3.63, 3.8) is 0 Å². The highest BCUT2D eigenvalue weighted by molar-refractivity contribution is 6.02. The number of nitrogens with one attached hydrogen (secondary N) is 2. The van der Waals surface area contributed by atoms with Crippen LogP contribution in [-0.2, 0) is 11.2 Å². The number of hydrogen-bond acceptors (Lipinski definition) is 3. The zero-order chi connectivity index (χ0) is 17.2. The molecule has 0 aliphatic heterocycles. The Bertz CT molecular complexity index is 527. The van der Waals surface area contributed by atoms with Gasteiger partial charge in [-0.1, -0.05) is 38.3 Å². The lowest BCUT2D eigenvalue weighted by molar-refractivity contribution is 0.0600. The first-order chi connectivity index (χ1) is 11.0. The van der Waals surface area contributed by atoms with Crippen LogP contribution >= 0.6 is 0 Å².